The van der Waals surface area contributed by atoms with Crippen LogP contribution in [0.15, 0.2) is 36.5 Å². The Hall–Kier alpha value is -3.22. The standard InChI is InChI=1S/C21H23N5O2/c1-4-14-7-5-6-8-18(14)26-12-15(9-19(26)27)21(28)23-16-10-17-13(2)24-25(3)20(17)22-11-16/h5-8,10-11,15H,4,9,12H2,1-3H3,(H,23,28). The quantitative estimate of drug-likeness (QED) is 0.758. The summed E-state index contributed by atoms with van der Waals surface area (Å²) in [6.45, 7) is 4.37. The van der Waals surface area contributed by atoms with Crippen molar-refractivity contribution in [2.45, 2.75) is 26.7 Å². The molecule has 0 saturated carbocycles. The van der Waals surface area contributed by atoms with Gasteiger partial charge in [0.1, 0.15) is 0 Å². The molecule has 4 rings (SSSR count). The van der Waals surface area contributed by atoms with Gasteiger partial charge in [-0.1, -0.05) is 25.1 Å². The summed E-state index contributed by atoms with van der Waals surface area (Å²) in [6, 6.07) is 9.74. The van der Waals surface area contributed by atoms with Gasteiger partial charge < -0.3 is 10.2 Å². The summed E-state index contributed by atoms with van der Waals surface area (Å²) in [7, 11) is 1.84. The molecule has 3 heterocycles. The number of amides is 2. The second kappa shape index (κ2) is 7.07. The van der Waals surface area contributed by atoms with Gasteiger partial charge in [-0.2, -0.15) is 5.10 Å². The van der Waals surface area contributed by atoms with Crippen LogP contribution in [0.25, 0.3) is 11.0 Å². The molecule has 0 spiro atoms. The van der Waals surface area contributed by atoms with Crippen molar-refractivity contribution in [2.24, 2.45) is 13.0 Å². The Bertz CT molecular complexity index is 1070. The van der Waals surface area contributed by atoms with Crippen LogP contribution < -0.4 is 10.2 Å². The lowest BCUT2D eigenvalue weighted by Crippen LogP contribution is -2.28. The number of carbonyl (C=O) groups is 2. The Morgan fingerprint density at radius 3 is 2.89 bits per heavy atom. The van der Waals surface area contributed by atoms with E-state index in [-0.39, 0.29) is 24.2 Å². The number of hydrogen-bond donors (Lipinski definition) is 1. The zero-order valence-electron chi connectivity index (χ0n) is 16.3. The molecule has 7 nitrogen and oxygen atoms in total. The SMILES string of the molecule is CCc1ccccc1N1CC(C(=O)Nc2cnc3c(c2)c(C)nn3C)CC1=O. The molecular weight excluding hydrogens is 354 g/mol. The number of rotatable bonds is 4. The fourth-order valence-corrected chi connectivity index (χ4v) is 3.81. The van der Waals surface area contributed by atoms with Crippen molar-refractivity contribution in [1.29, 1.82) is 0 Å². The van der Waals surface area contributed by atoms with Crippen LogP contribution in [0.5, 0.6) is 0 Å². The number of benzene rings is 1. The zero-order chi connectivity index (χ0) is 19.8. The highest BCUT2D eigenvalue weighted by Crippen LogP contribution is 2.29. The molecule has 1 N–H and O–H groups in total. The molecule has 1 saturated heterocycles. The van der Waals surface area contributed by atoms with E-state index in [1.165, 1.54) is 0 Å². The highest BCUT2D eigenvalue weighted by molar-refractivity contribution is 6.04. The van der Waals surface area contributed by atoms with Gasteiger partial charge in [-0.05, 0) is 31.0 Å². The van der Waals surface area contributed by atoms with Gasteiger partial charge in [0.2, 0.25) is 11.8 Å². The van der Waals surface area contributed by atoms with Gasteiger partial charge in [0.05, 0.1) is 23.5 Å². The van der Waals surface area contributed by atoms with Crippen LogP contribution in [0.3, 0.4) is 0 Å². The highest BCUT2D eigenvalue weighted by Gasteiger charge is 2.35. The van der Waals surface area contributed by atoms with Crippen LogP contribution in [-0.2, 0) is 23.1 Å². The van der Waals surface area contributed by atoms with Crippen LogP contribution in [-0.4, -0.2) is 33.1 Å². The van der Waals surface area contributed by atoms with E-state index >= 15 is 0 Å². The fourth-order valence-electron chi connectivity index (χ4n) is 3.81. The first-order valence-electron chi connectivity index (χ1n) is 9.46. The number of para-hydroxylation sites is 1. The molecule has 0 aliphatic carbocycles. The lowest BCUT2D eigenvalue weighted by atomic mass is 10.1. The smallest absolute Gasteiger partial charge is 0.229 e. The van der Waals surface area contributed by atoms with Gasteiger partial charge >= 0.3 is 0 Å². The minimum Gasteiger partial charge on any atom is -0.324 e. The van der Waals surface area contributed by atoms with Crippen molar-refractivity contribution in [2.75, 3.05) is 16.8 Å². The van der Waals surface area contributed by atoms with Gasteiger partial charge in [0, 0.05) is 31.1 Å². The van der Waals surface area contributed by atoms with Crippen LogP contribution in [0, 0.1) is 12.8 Å². The van der Waals surface area contributed by atoms with Crippen LogP contribution in [0.2, 0.25) is 0 Å². The largest absolute Gasteiger partial charge is 0.324 e. The van der Waals surface area contributed by atoms with Gasteiger partial charge in [-0.25, -0.2) is 4.98 Å². The maximum Gasteiger partial charge on any atom is 0.229 e. The topological polar surface area (TPSA) is 80.1 Å². The van der Waals surface area contributed by atoms with E-state index in [4.69, 9.17) is 0 Å². The second-order valence-corrected chi connectivity index (χ2v) is 7.18. The van der Waals surface area contributed by atoms with Crippen molar-refractivity contribution in [3.63, 3.8) is 0 Å². The van der Waals surface area contributed by atoms with Gasteiger partial charge in [-0.15, -0.1) is 0 Å². The van der Waals surface area contributed by atoms with Crippen LogP contribution in [0.4, 0.5) is 11.4 Å². The predicted molar refractivity (Wildman–Crippen MR) is 108 cm³/mol. The van der Waals surface area contributed by atoms with Crippen molar-refractivity contribution in [3.05, 3.63) is 47.8 Å². The molecule has 0 radical (unpaired) electrons. The summed E-state index contributed by atoms with van der Waals surface area (Å²) in [5.41, 5.74) is 4.26. The lowest BCUT2D eigenvalue weighted by Gasteiger charge is -2.20. The Labute approximate surface area is 163 Å². The molecule has 1 atom stereocenters. The van der Waals surface area contributed by atoms with E-state index in [9.17, 15) is 9.59 Å². The maximum absolute atomic E-state index is 12.8. The molecule has 2 aromatic heterocycles. The molecule has 1 aromatic carbocycles. The number of nitrogens with one attached hydrogen (secondary N) is 1. The van der Waals surface area contributed by atoms with E-state index in [1.54, 1.807) is 15.8 Å². The van der Waals surface area contributed by atoms with Gasteiger partial charge in [-0.3, -0.25) is 14.3 Å². The minimum atomic E-state index is -0.386. The predicted octanol–water partition coefficient (Wildman–Crippen LogP) is 2.83. The highest BCUT2D eigenvalue weighted by atomic mass is 16.2. The first kappa shape index (κ1) is 18.2. The molecule has 0 bridgehead atoms. The molecular formula is C21H23N5O2. The average Bonchev–Trinajstić information content (AvgIpc) is 3.21. The molecule has 1 aliphatic rings. The summed E-state index contributed by atoms with van der Waals surface area (Å²) in [5.74, 6) is -0.562. The Morgan fingerprint density at radius 1 is 1.32 bits per heavy atom. The third-order valence-electron chi connectivity index (χ3n) is 5.29. The van der Waals surface area contributed by atoms with E-state index in [2.05, 4.69) is 22.3 Å². The van der Waals surface area contributed by atoms with Crippen molar-refractivity contribution >= 4 is 34.2 Å². The first-order valence-corrected chi connectivity index (χ1v) is 9.46. The minimum absolute atomic E-state index is 0.0160. The normalized spacial score (nSPS) is 16.8. The third-order valence-corrected chi connectivity index (χ3v) is 5.29. The number of carbonyl (C=O) groups excluding carboxylic acids is 2. The summed E-state index contributed by atoms with van der Waals surface area (Å²) >= 11 is 0. The second-order valence-electron chi connectivity index (χ2n) is 7.18. The number of aromatic nitrogens is 3. The Morgan fingerprint density at radius 2 is 2.11 bits per heavy atom. The monoisotopic (exact) mass is 377 g/mol. The van der Waals surface area contributed by atoms with Crippen molar-refractivity contribution in [3.8, 4) is 0 Å². The first-order chi connectivity index (χ1) is 13.5. The number of hydrogen-bond acceptors (Lipinski definition) is 4. The van der Waals surface area contributed by atoms with Gasteiger partial charge in [0.25, 0.3) is 0 Å². The summed E-state index contributed by atoms with van der Waals surface area (Å²) < 4.78 is 1.72. The van der Waals surface area contributed by atoms with E-state index in [0.717, 1.165) is 34.4 Å². The summed E-state index contributed by atoms with van der Waals surface area (Å²) in [5, 5.41) is 8.17. The molecule has 7 heteroatoms. The molecule has 1 unspecified atom stereocenters. The molecule has 1 aliphatic heterocycles. The number of nitrogens with zero attached hydrogens (tertiary/aromatic N) is 4. The molecule has 28 heavy (non-hydrogen) atoms. The summed E-state index contributed by atoms with van der Waals surface area (Å²) in [4.78, 5) is 31.5. The van der Waals surface area contributed by atoms with E-state index in [1.807, 2.05) is 44.3 Å². The van der Waals surface area contributed by atoms with Crippen LogP contribution >= 0.6 is 0 Å². The van der Waals surface area contributed by atoms with Crippen LogP contribution in [0.1, 0.15) is 24.6 Å². The fraction of sp³-hybridized carbons (Fsp3) is 0.333. The van der Waals surface area contributed by atoms with Gasteiger partial charge in [0.15, 0.2) is 5.65 Å². The van der Waals surface area contributed by atoms with E-state index in [0.29, 0.717) is 12.2 Å². The Kier molecular flexibility index (Phi) is 4.58. The summed E-state index contributed by atoms with van der Waals surface area (Å²) in [6.07, 6.45) is 2.68. The average molecular weight is 377 g/mol. The number of anilines is 2. The van der Waals surface area contributed by atoms with Crippen molar-refractivity contribution < 1.29 is 9.59 Å². The number of pyridine rings is 1. The van der Waals surface area contributed by atoms with E-state index < -0.39 is 0 Å². The molecule has 2 amide bonds. The van der Waals surface area contributed by atoms with Crippen molar-refractivity contribution in [1.82, 2.24) is 14.8 Å². The molecule has 144 valence electrons. The maximum atomic E-state index is 12.8. The third kappa shape index (κ3) is 3.13. The zero-order valence-corrected chi connectivity index (χ0v) is 16.3. The Balaban J connectivity index is 1.52. The molecule has 1 fully saturated rings. The molecule has 3 aromatic rings. The number of aryl methyl sites for hydroxylation is 3. The number of fused-ring (bicyclic) bond motifs is 1. The lowest BCUT2D eigenvalue weighted by molar-refractivity contribution is -0.122.